The Morgan fingerprint density at radius 3 is 2.50 bits per heavy atom. The third kappa shape index (κ3) is 2.59. The summed E-state index contributed by atoms with van der Waals surface area (Å²) in [6, 6.07) is 7.14. The molecule has 0 N–H and O–H groups in total. The van der Waals surface area contributed by atoms with E-state index in [0.29, 0.717) is 5.56 Å². The molecular weight excluding hydrogens is 228 g/mol. The molecule has 2 rings (SSSR count). The van der Waals surface area contributed by atoms with Gasteiger partial charge in [-0.3, -0.25) is 4.79 Å². The van der Waals surface area contributed by atoms with Crippen molar-refractivity contribution < 1.29 is 9.53 Å². The van der Waals surface area contributed by atoms with Gasteiger partial charge in [-0.05, 0) is 38.1 Å². The molecule has 0 radical (unpaired) electrons. The summed E-state index contributed by atoms with van der Waals surface area (Å²) in [5, 5.41) is 0. The predicted octanol–water partition coefficient (Wildman–Crippen LogP) is 2.76. The van der Waals surface area contributed by atoms with Crippen LogP contribution in [0.1, 0.15) is 36.1 Å². The molecule has 1 atom stereocenters. The Morgan fingerprint density at radius 2 is 2.00 bits per heavy atom. The maximum atomic E-state index is 11.2. The van der Waals surface area contributed by atoms with Crippen LogP contribution in [-0.2, 0) is 7.05 Å². The van der Waals surface area contributed by atoms with Crippen LogP contribution >= 0.6 is 0 Å². The maximum absolute atomic E-state index is 11.2. The topological polar surface area (TPSA) is 44.1 Å². The Balaban J connectivity index is 2.10. The largest absolute Gasteiger partial charge is 0.483 e. The number of ketones is 1. The Hall–Kier alpha value is -2.10. The summed E-state index contributed by atoms with van der Waals surface area (Å²) in [4.78, 5) is 15.4. The van der Waals surface area contributed by atoms with E-state index in [2.05, 4.69) is 4.98 Å². The first-order valence-corrected chi connectivity index (χ1v) is 5.83. The van der Waals surface area contributed by atoms with Crippen molar-refractivity contribution in [2.45, 2.75) is 20.0 Å². The lowest BCUT2D eigenvalue weighted by Crippen LogP contribution is -2.09. The number of rotatable bonds is 4. The van der Waals surface area contributed by atoms with E-state index in [9.17, 15) is 4.79 Å². The smallest absolute Gasteiger partial charge is 0.159 e. The summed E-state index contributed by atoms with van der Waals surface area (Å²) in [7, 11) is 1.93. The molecule has 0 fully saturated rings. The molecule has 0 aliphatic rings. The van der Waals surface area contributed by atoms with Gasteiger partial charge in [-0.15, -0.1) is 0 Å². The quantitative estimate of drug-likeness (QED) is 0.777. The van der Waals surface area contributed by atoms with Gasteiger partial charge in [-0.25, -0.2) is 4.98 Å². The van der Waals surface area contributed by atoms with Crippen LogP contribution < -0.4 is 4.74 Å². The van der Waals surface area contributed by atoms with Gasteiger partial charge in [0.1, 0.15) is 11.6 Å². The van der Waals surface area contributed by atoms with Crippen LogP contribution in [0.2, 0.25) is 0 Å². The Morgan fingerprint density at radius 1 is 1.33 bits per heavy atom. The third-order valence-corrected chi connectivity index (χ3v) is 2.80. The molecule has 0 aliphatic heterocycles. The Kier molecular flexibility index (Phi) is 3.46. The van der Waals surface area contributed by atoms with Crippen LogP contribution in [0.4, 0.5) is 0 Å². The lowest BCUT2D eigenvalue weighted by atomic mass is 10.1. The van der Waals surface area contributed by atoms with E-state index in [-0.39, 0.29) is 11.9 Å². The number of aryl methyl sites for hydroxylation is 1. The van der Waals surface area contributed by atoms with Crippen LogP contribution in [0.15, 0.2) is 36.7 Å². The second kappa shape index (κ2) is 5.04. The first-order valence-electron chi connectivity index (χ1n) is 5.83. The molecule has 4 nitrogen and oxygen atoms in total. The lowest BCUT2D eigenvalue weighted by Gasteiger charge is -2.14. The van der Waals surface area contributed by atoms with Crippen LogP contribution in [0, 0.1) is 0 Å². The number of carbonyl (C=O) groups excluding carboxylic acids is 1. The van der Waals surface area contributed by atoms with Crippen molar-refractivity contribution in [3.63, 3.8) is 0 Å². The highest BCUT2D eigenvalue weighted by Crippen LogP contribution is 2.20. The van der Waals surface area contributed by atoms with Gasteiger partial charge in [0, 0.05) is 25.0 Å². The van der Waals surface area contributed by atoms with Gasteiger partial charge in [0.05, 0.1) is 0 Å². The molecule has 4 heteroatoms. The van der Waals surface area contributed by atoms with E-state index in [1.165, 1.54) is 0 Å². The average Bonchev–Trinajstić information content (AvgIpc) is 2.76. The fraction of sp³-hybridized carbons (Fsp3) is 0.286. The zero-order chi connectivity index (χ0) is 13.1. The van der Waals surface area contributed by atoms with E-state index in [1.54, 1.807) is 37.4 Å². The molecule has 94 valence electrons. The van der Waals surface area contributed by atoms with Crippen LogP contribution in [0.5, 0.6) is 5.75 Å². The zero-order valence-corrected chi connectivity index (χ0v) is 10.8. The van der Waals surface area contributed by atoms with Gasteiger partial charge in [-0.2, -0.15) is 0 Å². The number of hydrogen-bond acceptors (Lipinski definition) is 3. The summed E-state index contributed by atoms with van der Waals surface area (Å²) >= 11 is 0. The standard InChI is InChI=1S/C14H16N2O2/c1-10(17)12-4-6-13(7-5-12)18-11(2)14-15-8-9-16(14)3/h4-9,11H,1-3H3. The number of imidazole rings is 1. The van der Waals surface area contributed by atoms with Crippen LogP contribution in [0.3, 0.4) is 0 Å². The fourth-order valence-corrected chi connectivity index (χ4v) is 1.79. The third-order valence-electron chi connectivity index (χ3n) is 2.80. The molecule has 1 heterocycles. The van der Waals surface area contributed by atoms with Crippen molar-refractivity contribution in [2.75, 3.05) is 0 Å². The molecular formula is C14H16N2O2. The molecule has 0 saturated heterocycles. The summed E-state index contributed by atoms with van der Waals surface area (Å²) in [6.07, 6.45) is 3.50. The second-order valence-corrected chi connectivity index (χ2v) is 4.24. The molecule has 18 heavy (non-hydrogen) atoms. The Labute approximate surface area is 106 Å². The number of hydrogen-bond donors (Lipinski definition) is 0. The van der Waals surface area contributed by atoms with Gasteiger partial charge in [-0.1, -0.05) is 0 Å². The maximum Gasteiger partial charge on any atom is 0.159 e. The summed E-state index contributed by atoms with van der Waals surface area (Å²) < 4.78 is 7.70. The van der Waals surface area contributed by atoms with Crippen molar-refractivity contribution in [1.29, 1.82) is 0 Å². The minimum absolute atomic E-state index is 0.0544. The number of aromatic nitrogens is 2. The molecule has 1 unspecified atom stereocenters. The second-order valence-electron chi connectivity index (χ2n) is 4.24. The summed E-state index contributed by atoms with van der Waals surface area (Å²) in [5.74, 6) is 1.65. The normalized spacial score (nSPS) is 12.2. The molecule has 0 aliphatic carbocycles. The highest BCUT2D eigenvalue weighted by Gasteiger charge is 2.11. The molecule has 0 saturated carbocycles. The SMILES string of the molecule is CC(=O)c1ccc(OC(C)c2nccn2C)cc1. The van der Waals surface area contributed by atoms with E-state index in [1.807, 2.05) is 24.7 Å². The van der Waals surface area contributed by atoms with Gasteiger partial charge < -0.3 is 9.30 Å². The van der Waals surface area contributed by atoms with E-state index >= 15 is 0 Å². The minimum Gasteiger partial charge on any atom is -0.483 e. The van der Waals surface area contributed by atoms with Crippen molar-refractivity contribution in [3.8, 4) is 5.75 Å². The lowest BCUT2D eigenvalue weighted by molar-refractivity contribution is 0.101. The monoisotopic (exact) mass is 244 g/mol. The summed E-state index contributed by atoms with van der Waals surface area (Å²) in [6.45, 7) is 3.49. The van der Waals surface area contributed by atoms with Crippen LogP contribution in [0.25, 0.3) is 0 Å². The fourth-order valence-electron chi connectivity index (χ4n) is 1.79. The molecule has 1 aromatic heterocycles. The first kappa shape index (κ1) is 12.4. The van der Waals surface area contributed by atoms with Gasteiger partial charge in [0.25, 0.3) is 0 Å². The minimum atomic E-state index is -0.131. The number of nitrogens with zero attached hydrogens (tertiary/aromatic N) is 2. The molecule has 0 spiro atoms. The number of Topliss-reactive ketones (excluding diaryl/α,β-unsaturated/α-hetero) is 1. The molecule has 0 amide bonds. The highest BCUT2D eigenvalue weighted by molar-refractivity contribution is 5.94. The van der Waals surface area contributed by atoms with Crippen molar-refractivity contribution in [1.82, 2.24) is 9.55 Å². The molecule has 2 aromatic rings. The van der Waals surface area contributed by atoms with Gasteiger partial charge in [0.15, 0.2) is 11.9 Å². The highest BCUT2D eigenvalue weighted by atomic mass is 16.5. The van der Waals surface area contributed by atoms with Gasteiger partial charge in [0.2, 0.25) is 0 Å². The number of benzene rings is 1. The zero-order valence-electron chi connectivity index (χ0n) is 10.8. The average molecular weight is 244 g/mol. The van der Waals surface area contributed by atoms with Crippen molar-refractivity contribution in [3.05, 3.63) is 48.0 Å². The van der Waals surface area contributed by atoms with Crippen LogP contribution in [-0.4, -0.2) is 15.3 Å². The first-order chi connectivity index (χ1) is 8.58. The van der Waals surface area contributed by atoms with E-state index in [4.69, 9.17) is 4.74 Å². The Bertz CT molecular complexity index is 543. The number of carbonyl (C=O) groups is 1. The number of ether oxygens (including phenoxy) is 1. The van der Waals surface area contributed by atoms with Gasteiger partial charge >= 0.3 is 0 Å². The van der Waals surface area contributed by atoms with Crippen molar-refractivity contribution in [2.24, 2.45) is 7.05 Å². The summed E-state index contributed by atoms with van der Waals surface area (Å²) in [5.41, 5.74) is 0.687. The van der Waals surface area contributed by atoms with E-state index in [0.717, 1.165) is 11.6 Å². The predicted molar refractivity (Wildman–Crippen MR) is 68.7 cm³/mol. The van der Waals surface area contributed by atoms with Crippen molar-refractivity contribution >= 4 is 5.78 Å². The van der Waals surface area contributed by atoms with E-state index < -0.39 is 0 Å². The molecule has 1 aromatic carbocycles. The molecule has 0 bridgehead atoms.